The Hall–Kier alpha value is -1.91. The molecule has 0 saturated carbocycles. The van der Waals surface area contributed by atoms with E-state index in [1.54, 1.807) is 6.07 Å². The van der Waals surface area contributed by atoms with Crippen LogP contribution in [0.4, 0.5) is 0 Å². The zero-order chi connectivity index (χ0) is 14.6. The van der Waals surface area contributed by atoms with Gasteiger partial charge in [0.1, 0.15) is 6.07 Å². The molecule has 1 N–H and O–H groups in total. The van der Waals surface area contributed by atoms with Gasteiger partial charge >= 0.3 is 5.97 Å². The third-order valence-electron chi connectivity index (χ3n) is 2.65. The van der Waals surface area contributed by atoms with Crippen LogP contribution in [-0.4, -0.2) is 37.4 Å². The molecule has 19 heavy (non-hydrogen) atoms. The van der Waals surface area contributed by atoms with E-state index in [2.05, 4.69) is 0 Å². The Morgan fingerprint density at radius 3 is 2.58 bits per heavy atom. The molecule has 0 heterocycles. The molecule has 6 nitrogen and oxygen atoms in total. The molecular weight excluding hydrogens is 268 g/mol. The Kier molecular flexibility index (Phi) is 4.64. The van der Waals surface area contributed by atoms with Crippen LogP contribution in [0.3, 0.4) is 0 Å². The molecule has 102 valence electrons. The fourth-order valence-electron chi connectivity index (χ4n) is 1.51. The molecule has 0 amide bonds. The number of nitrogens with zero attached hydrogens (tertiary/aromatic N) is 2. The van der Waals surface area contributed by atoms with Crippen LogP contribution in [0.15, 0.2) is 29.2 Å². The van der Waals surface area contributed by atoms with E-state index >= 15 is 0 Å². The highest BCUT2D eigenvalue weighted by atomic mass is 32.2. The van der Waals surface area contributed by atoms with E-state index in [1.807, 2.05) is 6.07 Å². The van der Waals surface area contributed by atoms with Crippen molar-refractivity contribution in [1.29, 1.82) is 5.26 Å². The smallest absolute Gasteiger partial charge is 0.307 e. The molecule has 0 aromatic heterocycles. The average molecular weight is 282 g/mol. The summed E-state index contributed by atoms with van der Waals surface area (Å²) in [5.41, 5.74) is 0.0392. The van der Waals surface area contributed by atoms with Crippen molar-refractivity contribution < 1.29 is 18.3 Å². The number of aliphatic carboxylic acids is 1. The van der Waals surface area contributed by atoms with Crippen molar-refractivity contribution in [2.75, 3.05) is 13.6 Å². The van der Waals surface area contributed by atoms with E-state index in [0.29, 0.717) is 0 Å². The lowest BCUT2D eigenvalue weighted by molar-refractivity contribution is -0.141. The number of rotatable bonds is 5. The second-order valence-corrected chi connectivity index (χ2v) is 6.15. The van der Waals surface area contributed by atoms with Crippen molar-refractivity contribution in [3.8, 4) is 6.07 Å². The standard InChI is InChI=1S/C12H14N2O4S/c1-9(12(15)16)8-14(2)19(17,18)11-6-4-3-5-10(11)7-13/h3-6,9H,8H2,1-2H3,(H,15,16). The molecular formula is C12H14N2O4S. The van der Waals surface area contributed by atoms with Crippen molar-refractivity contribution >= 4 is 16.0 Å². The highest BCUT2D eigenvalue weighted by molar-refractivity contribution is 7.89. The van der Waals surface area contributed by atoms with Crippen molar-refractivity contribution in [3.63, 3.8) is 0 Å². The van der Waals surface area contributed by atoms with Gasteiger partial charge in [-0.2, -0.15) is 5.26 Å². The number of carbonyl (C=O) groups is 1. The van der Waals surface area contributed by atoms with Crippen molar-refractivity contribution in [1.82, 2.24) is 4.31 Å². The SMILES string of the molecule is CC(CN(C)S(=O)(=O)c1ccccc1C#N)C(=O)O. The maximum absolute atomic E-state index is 12.3. The molecule has 1 aromatic carbocycles. The van der Waals surface area contributed by atoms with Gasteiger partial charge in [-0.25, -0.2) is 12.7 Å². The quantitative estimate of drug-likeness (QED) is 0.865. The third-order valence-corrected chi connectivity index (χ3v) is 4.53. The molecule has 1 rings (SSSR count). The summed E-state index contributed by atoms with van der Waals surface area (Å²) in [6.07, 6.45) is 0. The van der Waals surface area contributed by atoms with E-state index in [1.165, 1.54) is 32.2 Å². The predicted octanol–water partition coefficient (Wildman–Crippen LogP) is 0.899. The maximum Gasteiger partial charge on any atom is 0.307 e. The number of sulfonamides is 1. The number of benzene rings is 1. The average Bonchev–Trinajstić information content (AvgIpc) is 2.38. The van der Waals surface area contributed by atoms with Gasteiger partial charge in [-0.1, -0.05) is 19.1 Å². The predicted molar refractivity (Wildman–Crippen MR) is 67.8 cm³/mol. The highest BCUT2D eigenvalue weighted by Gasteiger charge is 2.26. The van der Waals surface area contributed by atoms with Gasteiger partial charge in [0.15, 0.2) is 0 Å². The Balaban J connectivity index is 3.11. The lowest BCUT2D eigenvalue weighted by Gasteiger charge is -2.19. The first-order valence-corrected chi connectivity index (χ1v) is 6.93. The molecule has 0 bridgehead atoms. The van der Waals surface area contributed by atoms with E-state index in [-0.39, 0.29) is 17.0 Å². The molecule has 7 heteroatoms. The minimum atomic E-state index is -3.86. The van der Waals surface area contributed by atoms with E-state index in [9.17, 15) is 13.2 Å². The summed E-state index contributed by atoms with van der Waals surface area (Å²) in [4.78, 5) is 10.6. The zero-order valence-corrected chi connectivity index (χ0v) is 11.4. The van der Waals surface area contributed by atoms with Gasteiger partial charge in [0.25, 0.3) is 0 Å². The summed E-state index contributed by atoms with van der Waals surface area (Å²) in [6, 6.07) is 7.63. The summed E-state index contributed by atoms with van der Waals surface area (Å²) >= 11 is 0. The molecule has 0 aliphatic heterocycles. The number of carboxylic acid groups (broad SMARTS) is 1. The van der Waals surface area contributed by atoms with Crippen molar-refractivity contribution in [2.24, 2.45) is 5.92 Å². The highest BCUT2D eigenvalue weighted by Crippen LogP contribution is 2.19. The molecule has 1 atom stereocenters. The van der Waals surface area contributed by atoms with Gasteiger partial charge in [-0.15, -0.1) is 0 Å². The number of carboxylic acids is 1. The second-order valence-electron chi connectivity index (χ2n) is 4.13. The second kappa shape index (κ2) is 5.82. The number of nitriles is 1. The topological polar surface area (TPSA) is 98.5 Å². The van der Waals surface area contributed by atoms with Gasteiger partial charge in [-0.3, -0.25) is 4.79 Å². The number of hydrogen-bond donors (Lipinski definition) is 1. The summed E-state index contributed by atoms with van der Waals surface area (Å²) in [5.74, 6) is -1.90. The fraction of sp³-hybridized carbons (Fsp3) is 0.333. The first-order chi connectivity index (χ1) is 8.80. The van der Waals surface area contributed by atoms with Crippen LogP contribution in [0.2, 0.25) is 0 Å². The molecule has 0 saturated heterocycles. The van der Waals surface area contributed by atoms with Gasteiger partial charge in [0, 0.05) is 13.6 Å². The van der Waals surface area contributed by atoms with E-state index in [0.717, 1.165) is 4.31 Å². The molecule has 0 aliphatic carbocycles. The summed E-state index contributed by atoms with van der Waals surface area (Å²) in [7, 11) is -2.57. The fourth-order valence-corrected chi connectivity index (χ4v) is 2.91. The maximum atomic E-state index is 12.3. The lowest BCUT2D eigenvalue weighted by Crippen LogP contribution is -2.34. The van der Waals surface area contributed by atoms with Crippen molar-refractivity contribution in [2.45, 2.75) is 11.8 Å². The summed E-state index contributed by atoms with van der Waals surface area (Å²) < 4.78 is 25.5. The Labute approximate surface area is 111 Å². The first-order valence-electron chi connectivity index (χ1n) is 5.49. The van der Waals surface area contributed by atoms with E-state index in [4.69, 9.17) is 10.4 Å². The van der Waals surface area contributed by atoms with Crippen LogP contribution in [-0.2, 0) is 14.8 Å². The van der Waals surface area contributed by atoms with Gasteiger partial charge in [-0.05, 0) is 12.1 Å². The Morgan fingerprint density at radius 1 is 1.47 bits per heavy atom. The molecule has 0 spiro atoms. The lowest BCUT2D eigenvalue weighted by atomic mass is 10.2. The number of hydrogen-bond acceptors (Lipinski definition) is 4. The molecule has 0 radical (unpaired) electrons. The van der Waals surface area contributed by atoms with Gasteiger partial charge < -0.3 is 5.11 Å². The minimum Gasteiger partial charge on any atom is -0.481 e. The monoisotopic (exact) mass is 282 g/mol. The normalized spacial score (nSPS) is 12.9. The summed E-state index contributed by atoms with van der Waals surface area (Å²) in [5, 5.41) is 17.7. The van der Waals surface area contributed by atoms with Crippen LogP contribution in [0.5, 0.6) is 0 Å². The van der Waals surface area contributed by atoms with Crippen LogP contribution < -0.4 is 0 Å². The van der Waals surface area contributed by atoms with Gasteiger partial charge in [0.2, 0.25) is 10.0 Å². The molecule has 1 aromatic rings. The Morgan fingerprint density at radius 2 is 2.05 bits per heavy atom. The molecule has 1 unspecified atom stereocenters. The molecule has 0 aliphatic rings. The zero-order valence-electron chi connectivity index (χ0n) is 10.6. The van der Waals surface area contributed by atoms with Gasteiger partial charge in [0.05, 0.1) is 16.4 Å². The van der Waals surface area contributed by atoms with Crippen LogP contribution in [0, 0.1) is 17.2 Å². The minimum absolute atomic E-state index is 0.0392. The van der Waals surface area contributed by atoms with E-state index < -0.39 is 21.9 Å². The third kappa shape index (κ3) is 3.30. The van der Waals surface area contributed by atoms with Crippen LogP contribution >= 0.6 is 0 Å². The molecule has 0 fully saturated rings. The summed E-state index contributed by atoms with van der Waals surface area (Å²) in [6.45, 7) is 1.27. The Bertz CT molecular complexity index is 619. The first kappa shape index (κ1) is 15.1. The largest absolute Gasteiger partial charge is 0.481 e. The van der Waals surface area contributed by atoms with Crippen molar-refractivity contribution in [3.05, 3.63) is 29.8 Å². The van der Waals surface area contributed by atoms with Crippen LogP contribution in [0.25, 0.3) is 0 Å². The van der Waals surface area contributed by atoms with Crippen LogP contribution in [0.1, 0.15) is 12.5 Å².